The number of rotatable bonds is 1. The van der Waals surface area contributed by atoms with Crippen LogP contribution in [-0.4, -0.2) is 16.5 Å². The average Bonchev–Trinajstić information content (AvgIpc) is 2.13. The molecule has 0 radical (unpaired) electrons. The third kappa shape index (κ3) is 1.56. The van der Waals surface area contributed by atoms with E-state index >= 15 is 0 Å². The van der Waals surface area contributed by atoms with Gasteiger partial charge in [0.05, 0.1) is 5.92 Å². The Morgan fingerprint density at radius 2 is 2.56 bits per heavy atom. The predicted molar refractivity (Wildman–Crippen MR) is 42.5 cm³/mol. The van der Waals surface area contributed by atoms with E-state index in [1.165, 1.54) is 0 Å². The SMILES string of the molecule is C[C@@H]1C[C@@H](CI)OC1=O. The Hall–Kier alpha value is 0.200. The Morgan fingerprint density at radius 3 is 2.78 bits per heavy atom. The third-order valence-electron chi connectivity index (χ3n) is 1.47. The van der Waals surface area contributed by atoms with E-state index in [4.69, 9.17) is 4.74 Å². The Kier molecular flexibility index (Phi) is 2.32. The number of esters is 1. The largest absolute Gasteiger partial charge is 0.461 e. The molecule has 1 rings (SSSR count). The zero-order valence-corrected chi connectivity index (χ0v) is 7.42. The molecular formula is C6H9IO2. The van der Waals surface area contributed by atoms with E-state index in [9.17, 15) is 4.79 Å². The van der Waals surface area contributed by atoms with Crippen molar-refractivity contribution in [1.29, 1.82) is 0 Å². The number of hydrogen-bond acceptors (Lipinski definition) is 2. The molecule has 2 atom stereocenters. The Labute approximate surface area is 68.1 Å². The van der Waals surface area contributed by atoms with Gasteiger partial charge >= 0.3 is 5.97 Å². The number of ether oxygens (including phenoxy) is 1. The van der Waals surface area contributed by atoms with Crippen LogP contribution in [0.2, 0.25) is 0 Å². The summed E-state index contributed by atoms with van der Waals surface area (Å²) in [4.78, 5) is 10.7. The van der Waals surface area contributed by atoms with Crippen LogP contribution in [0.3, 0.4) is 0 Å². The number of alkyl halides is 1. The van der Waals surface area contributed by atoms with Crippen LogP contribution in [0.25, 0.3) is 0 Å². The molecule has 0 bridgehead atoms. The van der Waals surface area contributed by atoms with E-state index in [2.05, 4.69) is 22.6 Å². The van der Waals surface area contributed by atoms with Crippen molar-refractivity contribution in [3.05, 3.63) is 0 Å². The van der Waals surface area contributed by atoms with Gasteiger partial charge in [0, 0.05) is 4.43 Å². The highest BCUT2D eigenvalue weighted by molar-refractivity contribution is 14.1. The van der Waals surface area contributed by atoms with Gasteiger partial charge in [-0.15, -0.1) is 0 Å². The van der Waals surface area contributed by atoms with Gasteiger partial charge in [-0.3, -0.25) is 4.79 Å². The van der Waals surface area contributed by atoms with Gasteiger partial charge in [-0.25, -0.2) is 0 Å². The molecule has 0 aromatic heterocycles. The summed E-state index contributed by atoms with van der Waals surface area (Å²) in [7, 11) is 0. The topological polar surface area (TPSA) is 26.3 Å². The molecule has 0 aromatic rings. The molecular weight excluding hydrogens is 231 g/mol. The Morgan fingerprint density at radius 1 is 1.89 bits per heavy atom. The molecule has 1 heterocycles. The molecule has 9 heavy (non-hydrogen) atoms. The normalized spacial score (nSPS) is 34.7. The molecule has 0 unspecified atom stereocenters. The fourth-order valence-electron chi connectivity index (χ4n) is 0.914. The predicted octanol–water partition coefficient (Wildman–Crippen LogP) is 1.37. The second-order valence-corrected chi connectivity index (χ2v) is 3.23. The summed E-state index contributed by atoms with van der Waals surface area (Å²) in [6, 6.07) is 0. The molecule has 1 fully saturated rings. The molecule has 0 amide bonds. The van der Waals surface area contributed by atoms with Crippen LogP contribution in [-0.2, 0) is 9.53 Å². The van der Waals surface area contributed by atoms with E-state index in [0.717, 1.165) is 10.8 Å². The van der Waals surface area contributed by atoms with Crippen LogP contribution < -0.4 is 0 Å². The lowest BCUT2D eigenvalue weighted by molar-refractivity contribution is -0.143. The van der Waals surface area contributed by atoms with Crippen LogP contribution in [0.15, 0.2) is 0 Å². The van der Waals surface area contributed by atoms with Crippen molar-refractivity contribution in [2.45, 2.75) is 19.4 Å². The highest BCUT2D eigenvalue weighted by atomic mass is 127. The summed E-state index contributed by atoms with van der Waals surface area (Å²) in [5.41, 5.74) is 0. The van der Waals surface area contributed by atoms with Gasteiger partial charge in [-0.05, 0) is 6.42 Å². The number of halogens is 1. The van der Waals surface area contributed by atoms with E-state index in [1.807, 2.05) is 6.92 Å². The van der Waals surface area contributed by atoms with Crippen molar-refractivity contribution in [2.24, 2.45) is 5.92 Å². The summed E-state index contributed by atoms with van der Waals surface area (Å²) in [5, 5.41) is 0. The quantitative estimate of drug-likeness (QED) is 0.393. The first-order valence-electron chi connectivity index (χ1n) is 3.00. The smallest absolute Gasteiger partial charge is 0.309 e. The van der Waals surface area contributed by atoms with Crippen LogP contribution in [0, 0.1) is 5.92 Å². The van der Waals surface area contributed by atoms with Crippen molar-refractivity contribution in [3.63, 3.8) is 0 Å². The van der Waals surface area contributed by atoms with E-state index in [0.29, 0.717) is 0 Å². The van der Waals surface area contributed by atoms with Crippen LogP contribution in [0.4, 0.5) is 0 Å². The van der Waals surface area contributed by atoms with Crippen LogP contribution in [0.5, 0.6) is 0 Å². The summed E-state index contributed by atoms with van der Waals surface area (Å²) < 4.78 is 5.90. The Balaban J connectivity index is 2.44. The fourth-order valence-corrected chi connectivity index (χ4v) is 1.45. The maximum absolute atomic E-state index is 10.7. The monoisotopic (exact) mass is 240 g/mol. The van der Waals surface area contributed by atoms with Crippen molar-refractivity contribution < 1.29 is 9.53 Å². The van der Waals surface area contributed by atoms with Gasteiger partial charge in [0.2, 0.25) is 0 Å². The van der Waals surface area contributed by atoms with Gasteiger partial charge in [0.1, 0.15) is 6.10 Å². The van der Waals surface area contributed by atoms with E-state index in [1.54, 1.807) is 0 Å². The van der Waals surface area contributed by atoms with Gasteiger partial charge in [-0.1, -0.05) is 29.5 Å². The van der Waals surface area contributed by atoms with Crippen molar-refractivity contribution in [3.8, 4) is 0 Å². The summed E-state index contributed by atoms with van der Waals surface area (Å²) in [6.45, 7) is 1.91. The van der Waals surface area contributed by atoms with E-state index in [-0.39, 0.29) is 18.0 Å². The first kappa shape index (κ1) is 7.31. The molecule has 0 saturated carbocycles. The number of carbonyl (C=O) groups excluding carboxylic acids is 1. The maximum atomic E-state index is 10.7. The first-order chi connectivity index (χ1) is 4.24. The molecule has 0 aromatic carbocycles. The number of carbonyl (C=O) groups is 1. The molecule has 1 saturated heterocycles. The molecule has 2 nitrogen and oxygen atoms in total. The highest BCUT2D eigenvalue weighted by Crippen LogP contribution is 2.21. The molecule has 1 aliphatic heterocycles. The summed E-state index contributed by atoms with van der Waals surface area (Å²) in [5.74, 6) is 0.0985. The van der Waals surface area contributed by atoms with Crippen molar-refractivity contribution >= 4 is 28.6 Å². The molecule has 0 aliphatic carbocycles. The minimum atomic E-state index is -0.0309. The van der Waals surface area contributed by atoms with Gasteiger partial charge in [-0.2, -0.15) is 0 Å². The van der Waals surface area contributed by atoms with Crippen LogP contribution in [0.1, 0.15) is 13.3 Å². The van der Waals surface area contributed by atoms with E-state index < -0.39 is 0 Å². The number of cyclic esters (lactones) is 1. The second kappa shape index (κ2) is 2.86. The molecule has 52 valence electrons. The summed E-state index contributed by atoms with van der Waals surface area (Å²) in [6.07, 6.45) is 1.09. The minimum Gasteiger partial charge on any atom is -0.461 e. The van der Waals surface area contributed by atoms with Gasteiger partial charge < -0.3 is 4.74 Å². The second-order valence-electron chi connectivity index (χ2n) is 2.35. The van der Waals surface area contributed by atoms with Crippen molar-refractivity contribution in [1.82, 2.24) is 0 Å². The number of hydrogen-bond donors (Lipinski definition) is 0. The Bertz CT molecular complexity index is 124. The lowest BCUT2D eigenvalue weighted by atomic mass is 10.1. The molecule has 0 spiro atoms. The van der Waals surface area contributed by atoms with Crippen molar-refractivity contribution in [2.75, 3.05) is 4.43 Å². The molecule has 0 N–H and O–H groups in total. The average molecular weight is 240 g/mol. The zero-order chi connectivity index (χ0) is 6.85. The summed E-state index contributed by atoms with van der Waals surface area (Å²) >= 11 is 2.23. The molecule has 1 aliphatic rings. The van der Waals surface area contributed by atoms with Crippen LogP contribution >= 0.6 is 22.6 Å². The first-order valence-corrected chi connectivity index (χ1v) is 4.53. The minimum absolute atomic E-state index is 0.0309. The fraction of sp³-hybridized carbons (Fsp3) is 0.833. The lowest BCUT2D eigenvalue weighted by Gasteiger charge is -2.00. The lowest BCUT2D eigenvalue weighted by Crippen LogP contribution is -2.06. The standard InChI is InChI=1S/C6H9IO2/c1-4-2-5(3-7)9-6(4)8/h4-5H,2-3H2,1H3/t4-,5+/m1/s1. The van der Waals surface area contributed by atoms with Gasteiger partial charge in [0.15, 0.2) is 0 Å². The zero-order valence-electron chi connectivity index (χ0n) is 5.26. The van der Waals surface area contributed by atoms with Gasteiger partial charge in [0.25, 0.3) is 0 Å². The third-order valence-corrected chi connectivity index (χ3v) is 2.46. The highest BCUT2D eigenvalue weighted by Gasteiger charge is 2.29. The maximum Gasteiger partial charge on any atom is 0.309 e. The molecule has 3 heteroatoms.